The normalized spacial score (nSPS) is 8.50. The van der Waals surface area contributed by atoms with Crippen LogP contribution in [0.2, 0.25) is 0 Å². The predicted molar refractivity (Wildman–Crippen MR) is 44.0 cm³/mol. The maximum absolute atomic E-state index is 4.83. The fourth-order valence-corrected chi connectivity index (χ4v) is 0.746. The molecule has 0 aliphatic carbocycles. The molecule has 1 nitrogen and oxygen atoms in total. The number of rotatable bonds is 1. The Morgan fingerprint density at radius 3 is 3.10 bits per heavy atom. The SMILES string of the molecule is BrCCC#Cc1ccoc1. The van der Waals surface area contributed by atoms with Gasteiger partial charge in [0.15, 0.2) is 0 Å². The molecule has 1 aromatic heterocycles. The zero-order valence-corrected chi connectivity index (χ0v) is 7.02. The van der Waals surface area contributed by atoms with Gasteiger partial charge in [0.25, 0.3) is 0 Å². The van der Waals surface area contributed by atoms with Crippen LogP contribution in [-0.2, 0) is 0 Å². The molecule has 0 aromatic carbocycles. The van der Waals surface area contributed by atoms with Crippen LogP contribution in [0.25, 0.3) is 0 Å². The molecule has 0 aliphatic heterocycles. The molecule has 0 radical (unpaired) electrons. The highest BCUT2D eigenvalue weighted by molar-refractivity contribution is 9.09. The molecule has 1 rings (SSSR count). The molecule has 1 aromatic rings. The second-order valence-electron chi connectivity index (χ2n) is 1.75. The van der Waals surface area contributed by atoms with Crippen LogP contribution in [-0.4, -0.2) is 5.33 Å². The van der Waals surface area contributed by atoms with Crippen molar-refractivity contribution >= 4 is 15.9 Å². The van der Waals surface area contributed by atoms with Crippen LogP contribution in [0.15, 0.2) is 23.0 Å². The summed E-state index contributed by atoms with van der Waals surface area (Å²) in [5.74, 6) is 5.93. The van der Waals surface area contributed by atoms with Crippen LogP contribution in [0.1, 0.15) is 12.0 Å². The van der Waals surface area contributed by atoms with Gasteiger partial charge in [0, 0.05) is 11.8 Å². The maximum atomic E-state index is 4.83. The molecule has 0 bridgehead atoms. The molecular formula is C8H7BrO. The van der Waals surface area contributed by atoms with Gasteiger partial charge in [-0.25, -0.2) is 0 Å². The van der Waals surface area contributed by atoms with Crippen LogP contribution in [0.5, 0.6) is 0 Å². The van der Waals surface area contributed by atoms with E-state index in [1.807, 2.05) is 6.07 Å². The summed E-state index contributed by atoms with van der Waals surface area (Å²) >= 11 is 3.29. The average Bonchev–Trinajstić information content (AvgIpc) is 2.41. The topological polar surface area (TPSA) is 13.1 Å². The zero-order chi connectivity index (χ0) is 7.23. The Balaban J connectivity index is 2.49. The lowest BCUT2D eigenvalue weighted by Gasteiger charge is -1.75. The fraction of sp³-hybridized carbons (Fsp3) is 0.250. The number of hydrogen-bond donors (Lipinski definition) is 0. The Hall–Kier alpha value is -0.680. The highest BCUT2D eigenvalue weighted by Gasteiger charge is 1.83. The smallest absolute Gasteiger partial charge is 0.106 e. The third-order valence-corrected chi connectivity index (χ3v) is 1.37. The number of alkyl halides is 1. The van der Waals surface area contributed by atoms with E-state index < -0.39 is 0 Å². The molecule has 1 heterocycles. The summed E-state index contributed by atoms with van der Waals surface area (Å²) in [6, 6.07) is 1.85. The first-order valence-corrected chi connectivity index (χ1v) is 4.12. The first-order chi connectivity index (χ1) is 4.93. The molecule has 0 fully saturated rings. The first kappa shape index (κ1) is 7.43. The van der Waals surface area contributed by atoms with Gasteiger partial charge in [0.05, 0.1) is 11.8 Å². The molecular weight excluding hydrogens is 192 g/mol. The van der Waals surface area contributed by atoms with Gasteiger partial charge in [-0.1, -0.05) is 27.8 Å². The van der Waals surface area contributed by atoms with Crippen LogP contribution >= 0.6 is 15.9 Å². The van der Waals surface area contributed by atoms with E-state index in [9.17, 15) is 0 Å². The van der Waals surface area contributed by atoms with Crippen molar-refractivity contribution in [2.75, 3.05) is 5.33 Å². The Kier molecular flexibility index (Phi) is 3.11. The highest BCUT2D eigenvalue weighted by atomic mass is 79.9. The van der Waals surface area contributed by atoms with Crippen molar-refractivity contribution in [3.63, 3.8) is 0 Å². The third-order valence-electron chi connectivity index (χ3n) is 0.973. The maximum Gasteiger partial charge on any atom is 0.106 e. The van der Waals surface area contributed by atoms with Crippen LogP contribution in [0.4, 0.5) is 0 Å². The second-order valence-corrected chi connectivity index (χ2v) is 2.55. The lowest BCUT2D eigenvalue weighted by atomic mass is 10.3. The monoisotopic (exact) mass is 198 g/mol. The van der Waals surface area contributed by atoms with E-state index in [2.05, 4.69) is 27.8 Å². The largest absolute Gasteiger partial charge is 0.471 e. The molecule has 0 N–H and O–H groups in total. The van der Waals surface area contributed by atoms with E-state index in [1.54, 1.807) is 12.5 Å². The van der Waals surface area contributed by atoms with Crippen molar-refractivity contribution in [1.29, 1.82) is 0 Å². The van der Waals surface area contributed by atoms with Gasteiger partial charge in [0.1, 0.15) is 6.26 Å². The van der Waals surface area contributed by atoms with Crippen molar-refractivity contribution in [2.24, 2.45) is 0 Å². The van der Waals surface area contributed by atoms with Crippen molar-refractivity contribution in [3.05, 3.63) is 24.2 Å². The second kappa shape index (κ2) is 4.19. The van der Waals surface area contributed by atoms with Crippen molar-refractivity contribution < 1.29 is 4.42 Å². The predicted octanol–water partition coefficient (Wildman–Crippen LogP) is 2.42. The summed E-state index contributed by atoms with van der Waals surface area (Å²) in [7, 11) is 0. The summed E-state index contributed by atoms with van der Waals surface area (Å²) in [6.45, 7) is 0. The highest BCUT2D eigenvalue weighted by Crippen LogP contribution is 1.96. The quantitative estimate of drug-likeness (QED) is 0.500. The van der Waals surface area contributed by atoms with E-state index >= 15 is 0 Å². The minimum absolute atomic E-state index is 0.880. The van der Waals surface area contributed by atoms with Crippen LogP contribution in [0, 0.1) is 11.8 Å². The van der Waals surface area contributed by atoms with E-state index in [1.165, 1.54) is 0 Å². The summed E-state index contributed by atoms with van der Waals surface area (Å²) in [6.07, 6.45) is 4.14. The number of halogens is 1. The van der Waals surface area contributed by atoms with Gasteiger partial charge in [-0.2, -0.15) is 0 Å². The summed E-state index contributed by atoms with van der Waals surface area (Å²) in [5, 5.41) is 0.928. The standard InChI is InChI=1S/C8H7BrO/c9-5-2-1-3-8-4-6-10-7-8/h4,6-7H,2,5H2. The lowest BCUT2D eigenvalue weighted by Crippen LogP contribution is -1.67. The number of furan rings is 1. The van der Waals surface area contributed by atoms with Crippen molar-refractivity contribution in [1.82, 2.24) is 0 Å². The molecule has 2 heteroatoms. The van der Waals surface area contributed by atoms with Crippen molar-refractivity contribution in [3.8, 4) is 11.8 Å². The van der Waals surface area contributed by atoms with Crippen LogP contribution in [0.3, 0.4) is 0 Å². The Morgan fingerprint density at radius 2 is 2.50 bits per heavy atom. The van der Waals surface area contributed by atoms with E-state index in [-0.39, 0.29) is 0 Å². The van der Waals surface area contributed by atoms with Gasteiger partial charge < -0.3 is 4.42 Å². The van der Waals surface area contributed by atoms with Gasteiger partial charge in [-0.05, 0) is 6.07 Å². The minimum Gasteiger partial charge on any atom is -0.471 e. The van der Waals surface area contributed by atoms with E-state index in [0.717, 1.165) is 17.3 Å². The summed E-state index contributed by atoms with van der Waals surface area (Å²) in [4.78, 5) is 0. The van der Waals surface area contributed by atoms with E-state index in [4.69, 9.17) is 4.42 Å². The first-order valence-electron chi connectivity index (χ1n) is 3.00. The summed E-state index contributed by atoms with van der Waals surface area (Å²) in [5.41, 5.74) is 0.945. The van der Waals surface area contributed by atoms with Gasteiger partial charge in [0.2, 0.25) is 0 Å². The Bertz CT molecular complexity index is 228. The molecule has 10 heavy (non-hydrogen) atoms. The zero-order valence-electron chi connectivity index (χ0n) is 5.43. The van der Waals surface area contributed by atoms with Crippen LogP contribution < -0.4 is 0 Å². The fourth-order valence-electron chi connectivity index (χ4n) is 0.547. The Labute approximate surface area is 68.6 Å². The van der Waals surface area contributed by atoms with Gasteiger partial charge in [-0.15, -0.1) is 0 Å². The molecule has 0 spiro atoms. The van der Waals surface area contributed by atoms with Gasteiger partial charge >= 0.3 is 0 Å². The van der Waals surface area contributed by atoms with Gasteiger partial charge in [-0.3, -0.25) is 0 Å². The Morgan fingerprint density at radius 1 is 1.60 bits per heavy atom. The average molecular weight is 199 g/mol. The molecule has 0 saturated carbocycles. The third kappa shape index (κ3) is 2.28. The minimum atomic E-state index is 0.880. The van der Waals surface area contributed by atoms with Crippen molar-refractivity contribution in [2.45, 2.75) is 6.42 Å². The number of hydrogen-bond acceptors (Lipinski definition) is 1. The lowest BCUT2D eigenvalue weighted by molar-refractivity contribution is 0.566. The molecule has 0 saturated heterocycles. The molecule has 0 atom stereocenters. The summed E-state index contributed by atoms with van der Waals surface area (Å²) < 4.78 is 4.83. The molecule has 0 amide bonds. The molecule has 0 aliphatic rings. The molecule has 52 valence electrons. The molecule has 0 unspecified atom stereocenters. The van der Waals surface area contributed by atoms with E-state index in [0.29, 0.717) is 0 Å².